The zero-order valence-corrected chi connectivity index (χ0v) is 22.5. The molecule has 2 aromatic carbocycles. The maximum atomic E-state index is 12.4. The molecule has 3 N–H and O–H groups in total. The minimum atomic E-state index is -3.66. The molecular formula is C24H29BrN6O4S. The van der Waals surface area contributed by atoms with Crippen LogP contribution in [0.5, 0.6) is 5.75 Å². The number of para-hydroxylation sites is 1. The molecule has 2 heterocycles. The molecule has 0 aliphatic carbocycles. The predicted molar refractivity (Wildman–Crippen MR) is 144 cm³/mol. The second kappa shape index (κ2) is 11.9. The molecule has 0 spiro atoms. The second-order valence-corrected chi connectivity index (χ2v) is 10.7. The maximum Gasteiger partial charge on any atom is 0.242 e. The average Bonchev–Trinajstić information content (AvgIpc) is 2.90. The number of sulfonamides is 1. The summed E-state index contributed by atoms with van der Waals surface area (Å²) in [4.78, 5) is 11.3. The number of aromatic nitrogens is 2. The van der Waals surface area contributed by atoms with E-state index >= 15 is 0 Å². The third-order valence-electron chi connectivity index (χ3n) is 5.49. The number of benzene rings is 2. The van der Waals surface area contributed by atoms with Gasteiger partial charge in [-0.15, -0.1) is 0 Å². The van der Waals surface area contributed by atoms with Crippen LogP contribution in [0.25, 0.3) is 0 Å². The Hall–Kier alpha value is -2.93. The predicted octanol–water partition coefficient (Wildman–Crippen LogP) is 4.26. The Labute approximate surface area is 219 Å². The SMILES string of the molecule is CCCOc1cc(N2CCOCC2)ccc1Nc1ncc(Br)c(Nc2ccccc2S(=O)(=O)NC)n1. The fourth-order valence-corrected chi connectivity index (χ4v) is 4.82. The minimum Gasteiger partial charge on any atom is -0.491 e. The molecule has 192 valence electrons. The number of rotatable bonds is 10. The van der Waals surface area contributed by atoms with Crippen LogP contribution in [0.2, 0.25) is 0 Å². The van der Waals surface area contributed by atoms with Crippen LogP contribution in [-0.4, -0.2) is 58.3 Å². The van der Waals surface area contributed by atoms with Gasteiger partial charge in [0, 0.05) is 31.0 Å². The van der Waals surface area contributed by atoms with Gasteiger partial charge in [-0.3, -0.25) is 0 Å². The fraction of sp³-hybridized carbons (Fsp3) is 0.333. The lowest BCUT2D eigenvalue weighted by molar-refractivity contribution is 0.122. The first-order chi connectivity index (χ1) is 17.4. The summed E-state index contributed by atoms with van der Waals surface area (Å²) in [6.07, 6.45) is 2.47. The molecule has 3 aromatic rings. The third kappa shape index (κ3) is 6.25. The molecule has 1 aliphatic rings. The Balaban J connectivity index is 1.61. The molecule has 4 rings (SSSR count). The summed E-state index contributed by atoms with van der Waals surface area (Å²) >= 11 is 3.45. The standard InChI is InChI=1S/C24H29BrN6O4S/c1-3-12-35-21-15-17(31-10-13-34-14-11-31)8-9-19(21)29-24-27-16-18(25)23(30-24)28-20-6-4-5-7-22(20)36(32,33)26-2/h4-9,15-16,26H,3,10-14H2,1-2H3,(H2,27,28,29,30). The largest absolute Gasteiger partial charge is 0.491 e. The highest BCUT2D eigenvalue weighted by Crippen LogP contribution is 2.34. The van der Waals surface area contributed by atoms with Crippen molar-refractivity contribution in [1.82, 2.24) is 14.7 Å². The Morgan fingerprint density at radius 2 is 1.89 bits per heavy atom. The van der Waals surface area contributed by atoms with Crippen molar-refractivity contribution < 1.29 is 17.9 Å². The minimum absolute atomic E-state index is 0.112. The summed E-state index contributed by atoms with van der Waals surface area (Å²) in [6.45, 7) is 5.69. The number of hydrogen-bond donors (Lipinski definition) is 3. The van der Waals surface area contributed by atoms with Gasteiger partial charge in [-0.1, -0.05) is 19.1 Å². The summed E-state index contributed by atoms with van der Waals surface area (Å²) in [5.41, 5.74) is 2.18. The topological polar surface area (TPSA) is 118 Å². The monoisotopic (exact) mass is 576 g/mol. The number of nitrogens with one attached hydrogen (secondary N) is 3. The zero-order valence-electron chi connectivity index (χ0n) is 20.1. The lowest BCUT2D eigenvalue weighted by atomic mass is 10.2. The molecule has 1 aliphatic heterocycles. The highest BCUT2D eigenvalue weighted by molar-refractivity contribution is 9.10. The first-order valence-corrected chi connectivity index (χ1v) is 13.9. The van der Waals surface area contributed by atoms with Gasteiger partial charge in [-0.25, -0.2) is 18.1 Å². The van der Waals surface area contributed by atoms with Gasteiger partial charge in [-0.05, 0) is 53.7 Å². The highest BCUT2D eigenvalue weighted by Gasteiger charge is 2.18. The second-order valence-electron chi connectivity index (χ2n) is 7.97. The summed E-state index contributed by atoms with van der Waals surface area (Å²) in [5, 5.41) is 6.34. The molecule has 36 heavy (non-hydrogen) atoms. The van der Waals surface area contributed by atoms with Crippen LogP contribution in [-0.2, 0) is 14.8 Å². The summed E-state index contributed by atoms with van der Waals surface area (Å²) in [5.74, 6) is 1.44. The van der Waals surface area contributed by atoms with Gasteiger partial charge >= 0.3 is 0 Å². The highest BCUT2D eigenvalue weighted by atomic mass is 79.9. The van der Waals surface area contributed by atoms with Crippen molar-refractivity contribution in [1.29, 1.82) is 0 Å². The van der Waals surface area contributed by atoms with E-state index < -0.39 is 10.0 Å². The van der Waals surface area contributed by atoms with E-state index in [9.17, 15) is 8.42 Å². The molecule has 1 saturated heterocycles. The Morgan fingerprint density at radius 1 is 1.11 bits per heavy atom. The quantitative estimate of drug-likeness (QED) is 0.325. The lowest BCUT2D eigenvalue weighted by Gasteiger charge is -2.29. The summed E-state index contributed by atoms with van der Waals surface area (Å²) < 4.78 is 39.3. The summed E-state index contributed by atoms with van der Waals surface area (Å²) in [7, 11) is -2.29. The van der Waals surface area contributed by atoms with Crippen LogP contribution in [0.15, 0.2) is 58.0 Å². The van der Waals surface area contributed by atoms with Crippen molar-refractivity contribution >= 4 is 54.8 Å². The van der Waals surface area contributed by atoms with Gasteiger partial charge in [0.05, 0.1) is 35.7 Å². The van der Waals surface area contributed by atoms with Crippen LogP contribution in [0.3, 0.4) is 0 Å². The van der Waals surface area contributed by atoms with Gasteiger partial charge in [0.25, 0.3) is 0 Å². The van der Waals surface area contributed by atoms with Crippen LogP contribution >= 0.6 is 15.9 Å². The fourth-order valence-electron chi connectivity index (χ4n) is 3.64. The lowest BCUT2D eigenvalue weighted by Crippen LogP contribution is -2.36. The van der Waals surface area contributed by atoms with Crippen molar-refractivity contribution in [3.63, 3.8) is 0 Å². The molecule has 0 unspecified atom stereocenters. The summed E-state index contributed by atoms with van der Waals surface area (Å²) in [6, 6.07) is 12.6. The number of nitrogens with zero attached hydrogens (tertiary/aromatic N) is 3. The molecule has 0 radical (unpaired) electrons. The molecule has 0 atom stereocenters. The van der Waals surface area contributed by atoms with E-state index in [1.165, 1.54) is 13.1 Å². The van der Waals surface area contributed by atoms with Crippen molar-refractivity contribution in [3.8, 4) is 5.75 Å². The molecule has 0 amide bonds. The average molecular weight is 578 g/mol. The molecule has 0 bridgehead atoms. The van der Waals surface area contributed by atoms with Gasteiger partial charge < -0.3 is 25.0 Å². The normalized spacial score (nSPS) is 13.9. The van der Waals surface area contributed by atoms with E-state index in [-0.39, 0.29) is 4.90 Å². The van der Waals surface area contributed by atoms with Crippen LogP contribution < -0.4 is 25.0 Å². The molecule has 10 nitrogen and oxygen atoms in total. The van der Waals surface area contributed by atoms with Crippen molar-refractivity contribution in [2.24, 2.45) is 0 Å². The van der Waals surface area contributed by atoms with Crippen LogP contribution in [0.4, 0.5) is 28.8 Å². The molecular weight excluding hydrogens is 548 g/mol. The van der Waals surface area contributed by atoms with E-state index in [2.05, 4.69) is 53.1 Å². The van der Waals surface area contributed by atoms with Crippen LogP contribution in [0, 0.1) is 0 Å². The Morgan fingerprint density at radius 3 is 2.64 bits per heavy atom. The van der Waals surface area contributed by atoms with E-state index in [1.54, 1.807) is 24.4 Å². The van der Waals surface area contributed by atoms with E-state index in [0.29, 0.717) is 47.5 Å². The van der Waals surface area contributed by atoms with Gasteiger partial charge in [0.15, 0.2) is 0 Å². The smallest absolute Gasteiger partial charge is 0.242 e. The van der Waals surface area contributed by atoms with Crippen molar-refractivity contribution in [2.45, 2.75) is 18.2 Å². The van der Waals surface area contributed by atoms with Gasteiger partial charge in [0.2, 0.25) is 16.0 Å². The van der Waals surface area contributed by atoms with Gasteiger partial charge in [-0.2, -0.15) is 4.98 Å². The number of halogens is 1. The Kier molecular flexibility index (Phi) is 8.62. The van der Waals surface area contributed by atoms with E-state index in [0.717, 1.165) is 30.9 Å². The van der Waals surface area contributed by atoms with Crippen molar-refractivity contribution in [3.05, 3.63) is 53.1 Å². The van der Waals surface area contributed by atoms with Gasteiger partial charge in [0.1, 0.15) is 16.5 Å². The molecule has 1 aromatic heterocycles. The van der Waals surface area contributed by atoms with Crippen molar-refractivity contribution in [2.75, 3.05) is 55.5 Å². The van der Waals surface area contributed by atoms with E-state index in [4.69, 9.17) is 9.47 Å². The number of ether oxygens (including phenoxy) is 2. The molecule has 12 heteroatoms. The first kappa shape index (κ1) is 26.1. The number of hydrogen-bond acceptors (Lipinski definition) is 9. The molecule has 1 fully saturated rings. The Bertz CT molecular complexity index is 1300. The zero-order chi connectivity index (χ0) is 25.5. The molecule has 0 saturated carbocycles. The van der Waals surface area contributed by atoms with E-state index in [1.807, 2.05) is 18.2 Å². The number of morpholine rings is 1. The number of anilines is 5. The first-order valence-electron chi connectivity index (χ1n) is 11.6. The maximum absolute atomic E-state index is 12.4. The van der Waals surface area contributed by atoms with Crippen LogP contribution in [0.1, 0.15) is 13.3 Å². The third-order valence-corrected chi connectivity index (χ3v) is 7.54.